The maximum atomic E-state index is 12.2. The third-order valence-corrected chi connectivity index (χ3v) is 4.93. The lowest BCUT2D eigenvalue weighted by molar-refractivity contribution is -0.200. The lowest BCUT2D eigenvalue weighted by Crippen LogP contribution is -2.72. The minimum Gasteiger partial charge on any atom is -0.369 e. The summed E-state index contributed by atoms with van der Waals surface area (Å²) in [7, 11) is 5.58. The molecule has 1 aromatic rings. The van der Waals surface area contributed by atoms with Crippen molar-refractivity contribution in [2.45, 2.75) is 32.0 Å². The van der Waals surface area contributed by atoms with Gasteiger partial charge in [0.25, 0.3) is 0 Å². The molecule has 7 heteroatoms. The topological polar surface area (TPSA) is 62.1 Å². The zero-order chi connectivity index (χ0) is 16.8. The second-order valence-electron chi connectivity index (χ2n) is 7.11. The Balaban J connectivity index is 1.56. The Labute approximate surface area is 137 Å². The van der Waals surface area contributed by atoms with Gasteiger partial charge in [-0.2, -0.15) is 0 Å². The number of hydrogen-bond donors (Lipinski definition) is 0. The smallest absolute Gasteiger partial charge is 0.241 e. The van der Waals surface area contributed by atoms with Crippen LogP contribution in [-0.2, 0) is 16.1 Å². The SMILES string of the molecule is Cc1noc(C)c1CN1CC2(C1)CN(C)C(C(=O)N(C)C)CO2. The van der Waals surface area contributed by atoms with E-state index in [1.165, 1.54) is 5.56 Å². The van der Waals surface area contributed by atoms with Gasteiger partial charge in [0.2, 0.25) is 5.91 Å². The number of carbonyl (C=O) groups excluding carboxylic acids is 1. The van der Waals surface area contributed by atoms with Crippen molar-refractivity contribution in [1.29, 1.82) is 0 Å². The maximum Gasteiger partial charge on any atom is 0.241 e. The number of amides is 1. The Bertz CT molecular complexity index is 573. The predicted molar refractivity (Wildman–Crippen MR) is 85.0 cm³/mol. The molecule has 128 valence electrons. The third-order valence-electron chi connectivity index (χ3n) is 4.93. The lowest BCUT2D eigenvalue weighted by Gasteiger charge is -2.55. The fraction of sp³-hybridized carbons (Fsp3) is 0.750. The van der Waals surface area contributed by atoms with Crippen molar-refractivity contribution >= 4 is 5.91 Å². The molecule has 1 atom stereocenters. The van der Waals surface area contributed by atoms with Crippen LogP contribution in [0, 0.1) is 13.8 Å². The van der Waals surface area contributed by atoms with Gasteiger partial charge in [-0.3, -0.25) is 14.6 Å². The number of ether oxygens (including phenoxy) is 1. The first-order valence-corrected chi connectivity index (χ1v) is 8.01. The van der Waals surface area contributed by atoms with Gasteiger partial charge >= 0.3 is 0 Å². The van der Waals surface area contributed by atoms with Crippen LogP contribution >= 0.6 is 0 Å². The third kappa shape index (κ3) is 3.00. The summed E-state index contributed by atoms with van der Waals surface area (Å²) in [6.07, 6.45) is 0. The molecule has 0 saturated carbocycles. The van der Waals surface area contributed by atoms with E-state index < -0.39 is 0 Å². The van der Waals surface area contributed by atoms with Crippen LogP contribution in [0.1, 0.15) is 17.0 Å². The largest absolute Gasteiger partial charge is 0.369 e. The molecule has 2 saturated heterocycles. The first kappa shape index (κ1) is 16.4. The molecule has 0 aliphatic carbocycles. The molecule has 0 bridgehead atoms. The van der Waals surface area contributed by atoms with E-state index in [9.17, 15) is 4.79 Å². The number of likely N-dealkylation sites (tertiary alicyclic amines) is 1. The second kappa shape index (κ2) is 5.89. The van der Waals surface area contributed by atoms with E-state index in [1.54, 1.807) is 19.0 Å². The summed E-state index contributed by atoms with van der Waals surface area (Å²) in [5.41, 5.74) is 1.99. The Morgan fingerprint density at radius 2 is 2.04 bits per heavy atom. The van der Waals surface area contributed by atoms with E-state index in [0.29, 0.717) is 6.61 Å². The normalized spacial score (nSPS) is 24.7. The molecule has 1 spiro atoms. The van der Waals surface area contributed by atoms with E-state index >= 15 is 0 Å². The highest BCUT2D eigenvalue weighted by molar-refractivity contribution is 5.81. The minimum absolute atomic E-state index is 0.106. The molecule has 1 unspecified atom stereocenters. The number of aromatic nitrogens is 1. The lowest BCUT2D eigenvalue weighted by atomic mass is 9.90. The summed E-state index contributed by atoms with van der Waals surface area (Å²) in [4.78, 5) is 18.3. The number of morpholine rings is 1. The van der Waals surface area contributed by atoms with Crippen molar-refractivity contribution in [1.82, 2.24) is 19.9 Å². The quantitative estimate of drug-likeness (QED) is 0.796. The molecule has 1 amide bonds. The standard InChI is InChI=1S/C16H26N4O3/c1-11-13(12(2)23-17-11)6-20-9-16(10-20)8-19(5)14(7-22-16)15(21)18(3)4/h14H,6-10H2,1-5H3. The molecule has 0 aromatic carbocycles. The Morgan fingerprint density at radius 1 is 1.35 bits per heavy atom. The van der Waals surface area contributed by atoms with Crippen molar-refractivity contribution in [3.8, 4) is 0 Å². The molecule has 2 aliphatic heterocycles. The number of likely N-dealkylation sites (N-methyl/N-ethyl adjacent to an activating group) is 2. The number of rotatable bonds is 3. The van der Waals surface area contributed by atoms with Crippen molar-refractivity contribution in [2.24, 2.45) is 0 Å². The first-order valence-electron chi connectivity index (χ1n) is 8.01. The number of hydrogen-bond acceptors (Lipinski definition) is 6. The maximum absolute atomic E-state index is 12.2. The van der Waals surface area contributed by atoms with Crippen LogP contribution in [0.5, 0.6) is 0 Å². The van der Waals surface area contributed by atoms with Crippen LogP contribution in [0.4, 0.5) is 0 Å². The minimum atomic E-state index is -0.174. The van der Waals surface area contributed by atoms with Gasteiger partial charge in [-0.25, -0.2) is 0 Å². The molecule has 7 nitrogen and oxygen atoms in total. The van der Waals surface area contributed by atoms with Crippen LogP contribution < -0.4 is 0 Å². The summed E-state index contributed by atoms with van der Waals surface area (Å²) in [6.45, 7) is 7.78. The van der Waals surface area contributed by atoms with Crippen molar-refractivity contribution < 1.29 is 14.1 Å². The Kier molecular flexibility index (Phi) is 4.20. The molecular formula is C16H26N4O3. The number of nitrogens with zero attached hydrogens (tertiary/aromatic N) is 4. The van der Waals surface area contributed by atoms with Crippen molar-refractivity contribution in [3.05, 3.63) is 17.0 Å². The van der Waals surface area contributed by atoms with Crippen LogP contribution in [-0.4, -0.2) is 84.8 Å². The fourth-order valence-electron chi connectivity index (χ4n) is 3.57. The molecule has 3 heterocycles. The summed E-state index contributed by atoms with van der Waals surface area (Å²) in [6, 6.07) is -0.174. The van der Waals surface area contributed by atoms with Gasteiger partial charge in [0.15, 0.2) is 0 Å². The number of aryl methyl sites for hydroxylation is 2. The molecular weight excluding hydrogens is 296 g/mol. The van der Waals surface area contributed by atoms with Gasteiger partial charge in [-0.15, -0.1) is 0 Å². The first-order chi connectivity index (χ1) is 10.8. The summed E-state index contributed by atoms with van der Waals surface area (Å²) < 4.78 is 11.3. The average Bonchev–Trinajstić information content (AvgIpc) is 2.77. The van der Waals surface area contributed by atoms with Gasteiger partial charge in [0.1, 0.15) is 17.4 Å². The van der Waals surface area contributed by atoms with Gasteiger partial charge in [0.05, 0.1) is 12.3 Å². The zero-order valence-corrected chi connectivity index (χ0v) is 14.6. The van der Waals surface area contributed by atoms with E-state index in [-0.39, 0.29) is 17.6 Å². The highest BCUT2D eigenvalue weighted by atomic mass is 16.5. The predicted octanol–water partition coefficient (Wildman–Crippen LogP) is 0.265. The molecule has 0 N–H and O–H groups in total. The van der Waals surface area contributed by atoms with E-state index in [4.69, 9.17) is 9.26 Å². The van der Waals surface area contributed by atoms with E-state index in [1.807, 2.05) is 20.9 Å². The van der Waals surface area contributed by atoms with Gasteiger partial charge < -0.3 is 14.2 Å². The average molecular weight is 322 g/mol. The molecule has 3 rings (SSSR count). The second-order valence-corrected chi connectivity index (χ2v) is 7.11. The van der Waals surface area contributed by atoms with Crippen LogP contribution in [0.3, 0.4) is 0 Å². The highest BCUT2D eigenvalue weighted by Gasteiger charge is 2.49. The molecule has 23 heavy (non-hydrogen) atoms. The Hall–Kier alpha value is -1.44. The van der Waals surface area contributed by atoms with Crippen molar-refractivity contribution in [3.63, 3.8) is 0 Å². The van der Waals surface area contributed by atoms with Crippen molar-refractivity contribution in [2.75, 3.05) is 47.4 Å². The van der Waals surface area contributed by atoms with Crippen LogP contribution in [0.25, 0.3) is 0 Å². The zero-order valence-electron chi connectivity index (χ0n) is 14.6. The Morgan fingerprint density at radius 3 is 2.57 bits per heavy atom. The number of carbonyl (C=O) groups is 1. The van der Waals surface area contributed by atoms with Gasteiger partial charge in [-0.1, -0.05) is 5.16 Å². The van der Waals surface area contributed by atoms with E-state index in [0.717, 1.165) is 37.6 Å². The summed E-state index contributed by atoms with van der Waals surface area (Å²) >= 11 is 0. The molecule has 1 aromatic heterocycles. The molecule has 2 fully saturated rings. The van der Waals surface area contributed by atoms with Gasteiger partial charge in [-0.05, 0) is 20.9 Å². The molecule has 2 aliphatic rings. The highest BCUT2D eigenvalue weighted by Crippen LogP contribution is 2.32. The van der Waals surface area contributed by atoms with Gasteiger partial charge in [0, 0.05) is 45.8 Å². The summed E-state index contributed by atoms with van der Waals surface area (Å²) in [5.74, 6) is 0.996. The van der Waals surface area contributed by atoms with Crippen LogP contribution in [0.2, 0.25) is 0 Å². The summed E-state index contributed by atoms with van der Waals surface area (Å²) in [5, 5.41) is 4.01. The fourth-order valence-corrected chi connectivity index (χ4v) is 3.57. The molecule has 0 radical (unpaired) electrons. The van der Waals surface area contributed by atoms with E-state index in [2.05, 4.69) is 15.0 Å². The monoisotopic (exact) mass is 322 g/mol. The van der Waals surface area contributed by atoms with Crippen LogP contribution in [0.15, 0.2) is 4.52 Å².